The minimum absolute atomic E-state index is 0.0517. The van der Waals surface area contributed by atoms with E-state index >= 15 is 0 Å². The van der Waals surface area contributed by atoms with Crippen LogP contribution in [0.2, 0.25) is 0 Å². The molecule has 0 aromatic carbocycles. The van der Waals surface area contributed by atoms with Gasteiger partial charge in [0.1, 0.15) is 0 Å². The standard InChI is InChI=1S/C14H29NO/c1-12(2)7-10-16-11-9-14(15)8-5-4-6-13(14)3/h12-13H,4-11,15H2,1-3H3. The molecule has 16 heavy (non-hydrogen) atoms. The predicted octanol–water partition coefficient (Wildman–Crippen LogP) is 3.35. The van der Waals surface area contributed by atoms with Crippen molar-refractivity contribution in [2.75, 3.05) is 13.2 Å². The van der Waals surface area contributed by atoms with E-state index in [2.05, 4.69) is 20.8 Å². The Bertz CT molecular complexity index is 193. The van der Waals surface area contributed by atoms with Crippen molar-refractivity contribution in [3.05, 3.63) is 0 Å². The number of hydrogen-bond donors (Lipinski definition) is 1. The average molecular weight is 227 g/mol. The molecule has 0 bridgehead atoms. The first kappa shape index (κ1) is 14.0. The molecule has 0 aromatic rings. The van der Waals surface area contributed by atoms with E-state index in [9.17, 15) is 0 Å². The van der Waals surface area contributed by atoms with Crippen LogP contribution in [0.15, 0.2) is 0 Å². The molecule has 0 radical (unpaired) electrons. The Morgan fingerprint density at radius 3 is 2.69 bits per heavy atom. The van der Waals surface area contributed by atoms with Crippen LogP contribution in [0.1, 0.15) is 59.3 Å². The van der Waals surface area contributed by atoms with E-state index < -0.39 is 0 Å². The van der Waals surface area contributed by atoms with Crippen molar-refractivity contribution >= 4 is 0 Å². The third kappa shape index (κ3) is 4.42. The summed E-state index contributed by atoms with van der Waals surface area (Å²) in [6.07, 6.45) is 7.32. The van der Waals surface area contributed by atoms with Gasteiger partial charge in [0.25, 0.3) is 0 Å². The van der Waals surface area contributed by atoms with Gasteiger partial charge in [-0.15, -0.1) is 0 Å². The molecule has 2 heteroatoms. The zero-order valence-electron chi connectivity index (χ0n) is 11.3. The normalized spacial score (nSPS) is 30.9. The highest BCUT2D eigenvalue weighted by Gasteiger charge is 2.33. The molecular weight excluding hydrogens is 198 g/mol. The van der Waals surface area contributed by atoms with Gasteiger partial charge in [-0.3, -0.25) is 0 Å². The van der Waals surface area contributed by atoms with Crippen molar-refractivity contribution in [1.82, 2.24) is 0 Å². The van der Waals surface area contributed by atoms with E-state index in [4.69, 9.17) is 10.5 Å². The molecule has 1 fully saturated rings. The summed E-state index contributed by atoms with van der Waals surface area (Å²) in [5.74, 6) is 1.40. The summed E-state index contributed by atoms with van der Waals surface area (Å²) < 4.78 is 5.68. The van der Waals surface area contributed by atoms with E-state index in [0.717, 1.165) is 32.0 Å². The lowest BCUT2D eigenvalue weighted by molar-refractivity contribution is 0.0823. The van der Waals surface area contributed by atoms with Crippen LogP contribution in [0.4, 0.5) is 0 Å². The SMILES string of the molecule is CC(C)CCOCCC1(N)CCCCC1C. The molecule has 1 aliphatic carbocycles. The third-order valence-electron chi connectivity index (χ3n) is 4.06. The van der Waals surface area contributed by atoms with Gasteiger partial charge in [0.2, 0.25) is 0 Å². The maximum absolute atomic E-state index is 6.46. The van der Waals surface area contributed by atoms with E-state index in [1.54, 1.807) is 0 Å². The van der Waals surface area contributed by atoms with Crippen LogP contribution >= 0.6 is 0 Å². The summed E-state index contributed by atoms with van der Waals surface area (Å²) in [5, 5.41) is 0. The number of ether oxygens (including phenoxy) is 1. The van der Waals surface area contributed by atoms with Crippen LogP contribution in [0.25, 0.3) is 0 Å². The summed E-state index contributed by atoms with van der Waals surface area (Å²) in [4.78, 5) is 0. The van der Waals surface area contributed by atoms with Crippen molar-refractivity contribution in [1.29, 1.82) is 0 Å². The lowest BCUT2D eigenvalue weighted by Crippen LogP contribution is -2.48. The zero-order valence-corrected chi connectivity index (χ0v) is 11.3. The fourth-order valence-electron chi connectivity index (χ4n) is 2.49. The summed E-state index contributed by atoms with van der Waals surface area (Å²) >= 11 is 0. The first-order chi connectivity index (χ1) is 7.54. The van der Waals surface area contributed by atoms with Crippen LogP contribution in [0.3, 0.4) is 0 Å². The molecule has 1 saturated carbocycles. The van der Waals surface area contributed by atoms with Gasteiger partial charge in [-0.1, -0.05) is 33.6 Å². The molecule has 96 valence electrons. The molecule has 0 amide bonds. The smallest absolute Gasteiger partial charge is 0.0483 e. The maximum Gasteiger partial charge on any atom is 0.0483 e. The van der Waals surface area contributed by atoms with E-state index in [1.165, 1.54) is 25.7 Å². The second-order valence-corrected chi connectivity index (χ2v) is 5.92. The predicted molar refractivity (Wildman–Crippen MR) is 69.4 cm³/mol. The highest BCUT2D eigenvalue weighted by atomic mass is 16.5. The Morgan fingerprint density at radius 1 is 1.31 bits per heavy atom. The Kier molecular flexibility index (Phi) is 5.77. The van der Waals surface area contributed by atoms with Gasteiger partial charge in [-0.05, 0) is 37.5 Å². The van der Waals surface area contributed by atoms with Crippen LogP contribution in [0.5, 0.6) is 0 Å². The molecule has 1 rings (SSSR count). The molecule has 0 aliphatic heterocycles. The van der Waals surface area contributed by atoms with Crippen molar-refractivity contribution in [2.45, 2.75) is 64.8 Å². The largest absolute Gasteiger partial charge is 0.381 e. The second-order valence-electron chi connectivity index (χ2n) is 5.92. The average Bonchev–Trinajstić information content (AvgIpc) is 2.22. The molecule has 0 spiro atoms. The Balaban J connectivity index is 2.15. The second kappa shape index (κ2) is 6.61. The first-order valence-corrected chi connectivity index (χ1v) is 6.91. The van der Waals surface area contributed by atoms with Crippen LogP contribution < -0.4 is 5.73 Å². The molecule has 0 aromatic heterocycles. The summed E-state index contributed by atoms with van der Waals surface area (Å²) in [7, 11) is 0. The highest BCUT2D eigenvalue weighted by molar-refractivity contribution is 4.92. The van der Waals surface area contributed by atoms with Gasteiger partial charge in [0.05, 0.1) is 0 Å². The maximum atomic E-state index is 6.46. The Labute approximate surface area is 101 Å². The summed E-state index contributed by atoms with van der Waals surface area (Å²) in [6, 6.07) is 0. The molecule has 0 heterocycles. The minimum atomic E-state index is 0.0517. The molecule has 2 atom stereocenters. The van der Waals surface area contributed by atoms with Crippen LogP contribution in [0, 0.1) is 11.8 Å². The first-order valence-electron chi connectivity index (χ1n) is 6.91. The lowest BCUT2D eigenvalue weighted by atomic mass is 9.73. The van der Waals surface area contributed by atoms with Crippen molar-refractivity contribution in [2.24, 2.45) is 17.6 Å². The molecule has 0 saturated heterocycles. The highest BCUT2D eigenvalue weighted by Crippen LogP contribution is 2.33. The molecule has 1 aliphatic rings. The fraction of sp³-hybridized carbons (Fsp3) is 1.00. The van der Waals surface area contributed by atoms with Crippen molar-refractivity contribution in [3.63, 3.8) is 0 Å². The molecule has 2 nitrogen and oxygen atoms in total. The number of nitrogens with two attached hydrogens (primary N) is 1. The third-order valence-corrected chi connectivity index (χ3v) is 4.06. The fourth-order valence-corrected chi connectivity index (χ4v) is 2.49. The minimum Gasteiger partial charge on any atom is -0.381 e. The van der Waals surface area contributed by atoms with Gasteiger partial charge in [0, 0.05) is 18.8 Å². The number of hydrogen-bond acceptors (Lipinski definition) is 2. The Morgan fingerprint density at radius 2 is 2.06 bits per heavy atom. The van der Waals surface area contributed by atoms with Gasteiger partial charge < -0.3 is 10.5 Å². The van der Waals surface area contributed by atoms with E-state index in [1.807, 2.05) is 0 Å². The summed E-state index contributed by atoms with van der Waals surface area (Å²) in [6.45, 7) is 8.50. The monoisotopic (exact) mass is 227 g/mol. The van der Waals surface area contributed by atoms with Crippen molar-refractivity contribution < 1.29 is 4.74 Å². The molecular formula is C14H29NO. The van der Waals surface area contributed by atoms with Gasteiger partial charge in [0.15, 0.2) is 0 Å². The van der Waals surface area contributed by atoms with Gasteiger partial charge >= 0.3 is 0 Å². The van der Waals surface area contributed by atoms with Crippen molar-refractivity contribution in [3.8, 4) is 0 Å². The van der Waals surface area contributed by atoms with Gasteiger partial charge in [-0.2, -0.15) is 0 Å². The Hall–Kier alpha value is -0.0800. The van der Waals surface area contributed by atoms with E-state index in [0.29, 0.717) is 5.92 Å². The molecule has 2 N–H and O–H groups in total. The van der Waals surface area contributed by atoms with E-state index in [-0.39, 0.29) is 5.54 Å². The lowest BCUT2D eigenvalue weighted by Gasteiger charge is -2.39. The zero-order chi connectivity index (χ0) is 12.0. The quantitative estimate of drug-likeness (QED) is 0.706. The summed E-state index contributed by atoms with van der Waals surface area (Å²) in [5.41, 5.74) is 6.52. The van der Waals surface area contributed by atoms with Crippen LogP contribution in [-0.2, 0) is 4.74 Å². The molecule has 2 unspecified atom stereocenters. The van der Waals surface area contributed by atoms with Gasteiger partial charge in [-0.25, -0.2) is 0 Å². The topological polar surface area (TPSA) is 35.2 Å². The number of rotatable bonds is 6. The van der Waals surface area contributed by atoms with Crippen LogP contribution in [-0.4, -0.2) is 18.8 Å².